The summed E-state index contributed by atoms with van der Waals surface area (Å²) in [6.07, 6.45) is 1.62. The van der Waals surface area contributed by atoms with Crippen molar-refractivity contribution in [2.75, 3.05) is 32.7 Å². The Bertz CT molecular complexity index is 673. The third-order valence-corrected chi connectivity index (χ3v) is 4.32. The first-order valence-electron chi connectivity index (χ1n) is 8.73. The summed E-state index contributed by atoms with van der Waals surface area (Å²) >= 11 is 0. The molecule has 0 radical (unpaired) electrons. The van der Waals surface area contributed by atoms with Crippen LogP contribution in [0.4, 0.5) is 0 Å². The van der Waals surface area contributed by atoms with E-state index in [2.05, 4.69) is 32.2 Å². The Balaban J connectivity index is 0.00000243. The van der Waals surface area contributed by atoms with Gasteiger partial charge in [0.2, 0.25) is 5.89 Å². The first-order chi connectivity index (χ1) is 12.2. The van der Waals surface area contributed by atoms with Gasteiger partial charge in [0.25, 0.3) is 0 Å². The summed E-state index contributed by atoms with van der Waals surface area (Å²) in [6.45, 7) is 11.9. The van der Waals surface area contributed by atoms with Crippen molar-refractivity contribution in [2.24, 2.45) is 4.99 Å². The quantitative estimate of drug-likeness (QED) is 0.404. The van der Waals surface area contributed by atoms with Crippen molar-refractivity contribution >= 4 is 29.9 Å². The van der Waals surface area contributed by atoms with E-state index in [1.54, 1.807) is 6.26 Å². The molecule has 0 aromatic carbocycles. The van der Waals surface area contributed by atoms with E-state index in [9.17, 15) is 0 Å². The van der Waals surface area contributed by atoms with E-state index in [0.29, 0.717) is 12.4 Å². The molecule has 26 heavy (non-hydrogen) atoms. The minimum atomic E-state index is 0. The summed E-state index contributed by atoms with van der Waals surface area (Å²) in [7, 11) is 0. The molecule has 0 aliphatic carbocycles. The minimum Gasteiger partial charge on any atom is -0.444 e. The molecule has 0 unspecified atom stereocenters. The number of aromatic nitrogens is 2. The standard InChI is InChI=1S/C17H26N6O2.HI/c1-4-18-17(19-11-16-20-13(2)14(3)25-16)23-8-6-22(7-9-23)12-15-5-10-24-21-15;/h5,10H,4,6-9,11-12H2,1-3H3,(H,18,19);1H. The molecule has 0 amide bonds. The summed E-state index contributed by atoms with van der Waals surface area (Å²) in [5, 5.41) is 7.35. The van der Waals surface area contributed by atoms with Gasteiger partial charge in [-0.3, -0.25) is 4.90 Å². The van der Waals surface area contributed by atoms with Gasteiger partial charge in [0, 0.05) is 45.3 Å². The fraction of sp³-hybridized carbons (Fsp3) is 0.588. The van der Waals surface area contributed by atoms with Crippen LogP contribution in [0.25, 0.3) is 0 Å². The Morgan fingerprint density at radius 3 is 2.62 bits per heavy atom. The van der Waals surface area contributed by atoms with Gasteiger partial charge in [-0.15, -0.1) is 24.0 Å². The van der Waals surface area contributed by atoms with Crippen molar-refractivity contribution < 1.29 is 8.94 Å². The molecule has 1 aliphatic rings. The maximum atomic E-state index is 5.62. The van der Waals surface area contributed by atoms with E-state index in [-0.39, 0.29) is 24.0 Å². The molecule has 0 saturated carbocycles. The number of oxazole rings is 1. The van der Waals surface area contributed by atoms with Crippen LogP contribution >= 0.6 is 24.0 Å². The first kappa shape index (κ1) is 20.7. The zero-order valence-electron chi connectivity index (χ0n) is 15.6. The molecular formula is C17H27IN6O2. The minimum absolute atomic E-state index is 0. The van der Waals surface area contributed by atoms with Gasteiger partial charge >= 0.3 is 0 Å². The molecule has 0 bridgehead atoms. The Kier molecular flexibility index (Phi) is 7.88. The highest BCUT2D eigenvalue weighted by atomic mass is 127. The second-order valence-corrected chi connectivity index (χ2v) is 6.17. The van der Waals surface area contributed by atoms with Crippen LogP contribution in [0, 0.1) is 13.8 Å². The predicted octanol–water partition coefficient (Wildman–Crippen LogP) is 2.18. The number of aliphatic imine (C=N–C) groups is 1. The molecule has 8 nitrogen and oxygen atoms in total. The number of hydrogen-bond donors (Lipinski definition) is 1. The zero-order valence-corrected chi connectivity index (χ0v) is 17.9. The normalized spacial score (nSPS) is 15.8. The van der Waals surface area contributed by atoms with E-state index in [1.807, 2.05) is 19.9 Å². The van der Waals surface area contributed by atoms with Gasteiger partial charge in [-0.05, 0) is 20.8 Å². The second kappa shape index (κ2) is 9.91. The number of nitrogens with one attached hydrogen (secondary N) is 1. The van der Waals surface area contributed by atoms with Crippen molar-refractivity contribution in [3.63, 3.8) is 0 Å². The maximum Gasteiger partial charge on any atom is 0.216 e. The molecule has 1 aliphatic heterocycles. The van der Waals surface area contributed by atoms with Gasteiger partial charge in [-0.2, -0.15) is 0 Å². The Morgan fingerprint density at radius 2 is 2.04 bits per heavy atom. The SMILES string of the molecule is CCNC(=NCc1nc(C)c(C)o1)N1CCN(Cc2ccon2)CC1.I. The molecule has 1 N–H and O–H groups in total. The highest BCUT2D eigenvalue weighted by Gasteiger charge is 2.20. The van der Waals surface area contributed by atoms with Crippen LogP contribution in [0.5, 0.6) is 0 Å². The van der Waals surface area contributed by atoms with Gasteiger partial charge in [0.1, 0.15) is 18.6 Å². The number of aryl methyl sites for hydroxylation is 2. The Hall–Kier alpha value is -1.62. The number of piperazine rings is 1. The third-order valence-electron chi connectivity index (χ3n) is 4.32. The molecule has 1 saturated heterocycles. The van der Waals surface area contributed by atoms with Crippen molar-refractivity contribution in [3.05, 3.63) is 35.4 Å². The summed E-state index contributed by atoms with van der Waals surface area (Å²) < 4.78 is 10.5. The average molecular weight is 474 g/mol. The Morgan fingerprint density at radius 1 is 1.27 bits per heavy atom. The van der Waals surface area contributed by atoms with Crippen molar-refractivity contribution in [1.82, 2.24) is 25.3 Å². The number of hydrogen-bond acceptors (Lipinski definition) is 6. The lowest BCUT2D eigenvalue weighted by molar-refractivity contribution is 0.169. The predicted molar refractivity (Wildman–Crippen MR) is 110 cm³/mol. The van der Waals surface area contributed by atoms with Crippen LogP contribution in [-0.2, 0) is 13.1 Å². The lowest BCUT2D eigenvalue weighted by atomic mass is 10.3. The van der Waals surface area contributed by atoms with Gasteiger partial charge in [-0.25, -0.2) is 9.98 Å². The maximum absolute atomic E-state index is 5.62. The number of guanidine groups is 1. The smallest absolute Gasteiger partial charge is 0.216 e. The molecule has 144 valence electrons. The lowest BCUT2D eigenvalue weighted by Crippen LogP contribution is -2.52. The molecule has 2 aromatic heterocycles. The van der Waals surface area contributed by atoms with Crippen molar-refractivity contribution in [3.8, 4) is 0 Å². The van der Waals surface area contributed by atoms with Gasteiger partial charge < -0.3 is 19.2 Å². The van der Waals surface area contributed by atoms with Crippen molar-refractivity contribution in [2.45, 2.75) is 33.9 Å². The lowest BCUT2D eigenvalue weighted by Gasteiger charge is -2.36. The number of nitrogens with zero attached hydrogens (tertiary/aromatic N) is 5. The number of rotatable bonds is 5. The third kappa shape index (κ3) is 5.44. The molecule has 0 atom stereocenters. The highest BCUT2D eigenvalue weighted by Crippen LogP contribution is 2.11. The zero-order chi connectivity index (χ0) is 17.6. The van der Waals surface area contributed by atoms with Gasteiger partial charge in [0.15, 0.2) is 5.96 Å². The monoisotopic (exact) mass is 474 g/mol. The van der Waals surface area contributed by atoms with Crippen LogP contribution < -0.4 is 5.32 Å². The fourth-order valence-corrected chi connectivity index (χ4v) is 2.84. The number of halogens is 1. The summed E-state index contributed by atoms with van der Waals surface area (Å²) in [6, 6.07) is 1.91. The van der Waals surface area contributed by atoms with E-state index in [0.717, 1.165) is 62.4 Å². The molecule has 3 heterocycles. The van der Waals surface area contributed by atoms with Crippen LogP contribution in [0.15, 0.2) is 26.3 Å². The van der Waals surface area contributed by atoms with Gasteiger partial charge in [-0.1, -0.05) is 5.16 Å². The molecule has 0 spiro atoms. The first-order valence-corrected chi connectivity index (χ1v) is 8.73. The van der Waals surface area contributed by atoms with E-state index >= 15 is 0 Å². The molecule has 3 rings (SSSR count). The summed E-state index contributed by atoms with van der Waals surface area (Å²) in [5.74, 6) is 2.43. The van der Waals surface area contributed by atoms with E-state index in [4.69, 9.17) is 13.9 Å². The van der Waals surface area contributed by atoms with Crippen LogP contribution in [0.2, 0.25) is 0 Å². The van der Waals surface area contributed by atoms with Crippen LogP contribution in [0.3, 0.4) is 0 Å². The topological polar surface area (TPSA) is 82.9 Å². The largest absolute Gasteiger partial charge is 0.444 e. The summed E-state index contributed by atoms with van der Waals surface area (Å²) in [4.78, 5) is 13.7. The van der Waals surface area contributed by atoms with Crippen LogP contribution in [-0.4, -0.2) is 58.6 Å². The van der Waals surface area contributed by atoms with E-state index < -0.39 is 0 Å². The molecule has 9 heteroatoms. The molecular weight excluding hydrogens is 447 g/mol. The van der Waals surface area contributed by atoms with Crippen LogP contribution in [0.1, 0.15) is 30.0 Å². The average Bonchev–Trinajstić information content (AvgIpc) is 3.22. The molecule has 2 aromatic rings. The molecule has 1 fully saturated rings. The van der Waals surface area contributed by atoms with Gasteiger partial charge in [0.05, 0.1) is 11.4 Å². The van der Waals surface area contributed by atoms with Crippen molar-refractivity contribution in [1.29, 1.82) is 0 Å². The second-order valence-electron chi connectivity index (χ2n) is 6.17. The van der Waals surface area contributed by atoms with E-state index in [1.165, 1.54) is 0 Å². The fourth-order valence-electron chi connectivity index (χ4n) is 2.84. The summed E-state index contributed by atoms with van der Waals surface area (Å²) in [5.41, 5.74) is 1.90. The highest BCUT2D eigenvalue weighted by molar-refractivity contribution is 14.0. The Labute approximate surface area is 171 Å².